The van der Waals surface area contributed by atoms with E-state index in [9.17, 15) is 19.5 Å². The average molecular weight is 542 g/mol. The molecule has 2 saturated heterocycles. The molecule has 4 N–H and O–H groups in total. The summed E-state index contributed by atoms with van der Waals surface area (Å²) in [6, 6.07) is 6.79. The van der Waals surface area contributed by atoms with Crippen molar-refractivity contribution in [2.75, 3.05) is 19.6 Å². The first-order valence-electron chi connectivity index (χ1n) is 13.2. The van der Waals surface area contributed by atoms with Crippen LogP contribution in [-0.4, -0.2) is 75.4 Å². The number of nitrogens with one attached hydrogen (secondary N) is 1. The van der Waals surface area contributed by atoms with E-state index in [0.29, 0.717) is 32.5 Å². The Morgan fingerprint density at radius 3 is 2.39 bits per heavy atom. The quantitative estimate of drug-likeness (QED) is 0.493. The summed E-state index contributed by atoms with van der Waals surface area (Å²) in [7, 11) is 0. The molecule has 3 amide bonds. The Kier molecular flexibility index (Phi) is 8.54. The zero-order chi connectivity index (χ0) is 27.6. The minimum Gasteiger partial charge on any atom is -0.391 e. The molecule has 2 fully saturated rings. The number of primary amides is 1. The van der Waals surface area contributed by atoms with Crippen LogP contribution in [0.5, 0.6) is 0 Å². The molecule has 1 aromatic heterocycles. The molecule has 0 radical (unpaired) electrons. The van der Waals surface area contributed by atoms with Gasteiger partial charge in [0.1, 0.15) is 6.04 Å². The van der Waals surface area contributed by atoms with Gasteiger partial charge in [-0.15, -0.1) is 11.3 Å². The number of aliphatic hydroxyl groups excluding tert-OH is 1. The predicted octanol–water partition coefficient (Wildman–Crippen LogP) is 2.31. The highest BCUT2D eigenvalue weighted by atomic mass is 32.1. The standard InChI is InChI=1S/C28H39N5O4S/c1-17-23(38-16-31-17)19-7-5-18(6-8-19)14-30-26(36)22-13-21(34)15-33(22)27(37)24(28(2,3)4)32-11-9-20(10-12-32)25(29)35/h5-8,16,20-22,24,34H,9-15H2,1-4H3,(H2,29,35)(H,30,36)/t21-,22+,24-/m1/s1. The van der Waals surface area contributed by atoms with Gasteiger partial charge in [0.25, 0.3) is 0 Å². The molecule has 9 nitrogen and oxygen atoms in total. The second-order valence-electron chi connectivity index (χ2n) is 11.6. The van der Waals surface area contributed by atoms with Gasteiger partial charge in [0.05, 0.1) is 28.2 Å². The fraction of sp³-hybridized carbons (Fsp3) is 0.571. The van der Waals surface area contributed by atoms with Crippen LogP contribution in [0.2, 0.25) is 0 Å². The van der Waals surface area contributed by atoms with Crippen LogP contribution in [0.25, 0.3) is 10.4 Å². The first kappa shape index (κ1) is 28.2. The van der Waals surface area contributed by atoms with Crippen LogP contribution >= 0.6 is 11.3 Å². The predicted molar refractivity (Wildman–Crippen MR) is 147 cm³/mol. The summed E-state index contributed by atoms with van der Waals surface area (Å²) in [6.07, 6.45) is 0.686. The molecule has 0 unspecified atom stereocenters. The lowest BCUT2D eigenvalue weighted by molar-refractivity contribution is -0.147. The number of amides is 3. The van der Waals surface area contributed by atoms with Crippen molar-refractivity contribution in [1.29, 1.82) is 0 Å². The maximum absolute atomic E-state index is 13.9. The Balaban J connectivity index is 1.42. The number of nitrogens with zero attached hydrogens (tertiary/aromatic N) is 3. The van der Waals surface area contributed by atoms with Gasteiger partial charge >= 0.3 is 0 Å². The van der Waals surface area contributed by atoms with Gasteiger partial charge in [-0.25, -0.2) is 4.98 Å². The zero-order valence-corrected chi connectivity index (χ0v) is 23.5. The van der Waals surface area contributed by atoms with Crippen molar-refractivity contribution in [2.45, 2.75) is 71.7 Å². The third kappa shape index (κ3) is 6.24. The first-order chi connectivity index (χ1) is 18.0. The van der Waals surface area contributed by atoms with Crippen molar-refractivity contribution in [1.82, 2.24) is 20.1 Å². The van der Waals surface area contributed by atoms with E-state index in [-0.39, 0.29) is 36.6 Å². The van der Waals surface area contributed by atoms with Crippen molar-refractivity contribution in [2.24, 2.45) is 17.1 Å². The highest BCUT2D eigenvalue weighted by Crippen LogP contribution is 2.32. The first-order valence-corrected chi connectivity index (χ1v) is 14.1. The van der Waals surface area contributed by atoms with Gasteiger partial charge in [0.2, 0.25) is 17.7 Å². The number of β-amino-alcohol motifs (C(OH)–C–C–N with tert-alkyl or cyclic N) is 1. The summed E-state index contributed by atoms with van der Waals surface area (Å²) in [6.45, 7) is 9.65. The maximum atomic E-state index is 13.9. The van der Waals surface area contributed by atoms with Crippen molar-refractivity contribution in [3.05, 3.63) is 41.0 Å². The van der Waals surface area contributed by atoms with Gasteiger partial charge in [-0.05, 0) is 49.4 Å². The van der Waals surface area contributed by atoms with Crippen molar-refractivity contribution < 1.29 is 19.5 Å². The number of thiazole rings is 1. The number of carbonyl (C=O) groups is 3. The monoisotopic (exact) mass is 541 g/mol. The van der Waals surface area contributed by atoms with E-state index in [0.717, 1.165) is 21.7 Å². The smallest absolute Gasteiger partial charge is 0.243 e. The van der Waals surface area contributed by atoms with E-state index >= 15 is 0 Å². The van der Waals surface area contributed by atoms with Crippen molar-refractivity contribution in [3.63, 3.8) is 0 Å². The molecule has 38 heavy (non-hydrogen) atoms. The summed E-state index contributed by atoms with van der Waals surface area (Å²) in [5.74, 6) is -0.890. The minimum absolute atomic E-state index is 0.129. The molecule has 4 rings (SSSR count). The minimum atomic E-state index is -0.752. The topological polar surface area (TPSA) is 129 Å². The molecule has 3 heterocycles. The average Bonchev–Trinajstić information content (AvgIpc) is 3.48. The van der Waals surface area contributed by atoms with Crippen LogP contribution in [0.15, 0.2) is 29.8 Å². The van der Waals surface area contributed by atoms with Crippen LogP contribution < -0.4 is 11.1 Å². The summed E-state index contributed by atoms with van der Waals surface area (Å²) >= 11 is 1.60. The molecule has 2 aliphatic rings. The molecule has 0 spiro atoms. The molecule has 10 heteroatoms. The Hall–Kier alpha value is -2.82. The number of hydrogen-bond acceptors (Lipinski definition) is 7. The Morgan fingerprint density at radius 1 is 1.18 bits per heavy atom. The molecule has 0 bridgehead atoms. The molecule has 0 saturated carbocycles. The lowest BCUT2D eigenvalue weighted by Gasteiger charge is -2.44. The number of piperidine rings is 1. The Labute approximate surface area is 228 Å². The van der Waals surface area contributed by atoms with E-state index in [1.54, 1.807) is 16.2 Å². The summed E-state index contributed by atoms with van der Waals surface area (Å²) in [5, 5.41) is 13.4. The van der Waals surface area contributed by atoms with Crippen molar-refractivity contribution >= 4 is 29.1 Å². The third-order valence-electron chi connectivity index (χ3n) is 7.64. The molecule has 206 valence electrons. The Bertz CT molecular complexity index is 1150. The van der Waals surface area contributed by atoms with Crippen LogP contribution in [0.1, 0.15) is 51.3 Å². The number of likely N-dealkylation sites (tertiary alicyclic amines) is 2. The molecular weight excluding hydrogens is 502 g/mol. The lowest BCUT2D eigenvalue weighted by atomic mass is 9.82. The summed E-state index contributed by atoms with van der Waals surface area (Å²) in [5.41, 5.74) is 9.96. The van der Waals surface area contributed by atoms with E-state index in [1.807, 2.05) is 57.5 Å². The van der Waals surface area contributed by atoms with Gasteiger partial charge in [-0.1, -0.05) is 45.0 Å². The molecule has 2 aromatic rings. The van der Waals surface area contributed by atoms with Crippen LogP contribution in [0.4, 0.5) is 0 Å². The number of nitrogens with two attached hydrogens (primary N) is 1. The number of carbonyl (C=O) groups excluding carboxylic acids is 3. The summed E-state index contributed by atoms with van der Waals surface area (Å²) < 4.78 is 0. The SMILES string of the molecule is Cc1ncsc1-c1ccc(CNC(=O)[C@@H]2C[C@@H](O)CN2C(=O)[C@@H](N2CCC(C(N)=O)CC2)C(C)(C)C)cc1. The lowest BCUT2D eigenvalue weighted by Crippen LogP contribution is -2.59. The molecule has 0 aliphatic carbocycles. The normalized spacial score (nSPS) is 21.9. The van der Waals surface area contributed by atoms with Gasteiger partial charge in [0.15, 0.2) is 0 Å². The molecule has 1 aromatic carbocycles. The number of aryl methyl sites for hydroxylation is 1. The van der Waals surface area contributed by atoms with Gasteiger partial charge in [-0.2, -0.15) is 0 Å². The molecular formula is C28H39N5O4S. The largest absolute Gasteiger partial charge is 0.391 e. The van der Waals surface area contributed by atoms with E-state index in [1.165, 1.54) is 0 Å². The van der Waals surface area contributed by atoms with Crippen molar-refractivity contribution in [3.8, 4) is 10.4 Å². The summed E-state index contributed by atoms with van der Waals surface area (Å²) in [4.78, 5) is 47.9. The molecule has 2 aliphatic heterocycles. The number of rotatable bonds is 7. The number of hydrogen-bond donors (Lipinski definition) is 3. The fourth-order valence-corrected chi connectivity index (χ4v) is 6.45. The van der Waals surface area contributed by atoms with Gasteiger partial charge in [-0.3, -0.25) is 19.3 Å². The van der Waals surface area contributed by atoms with E-state index in [4.69, 9.17) is 5.73 Å². The van der Waals surface area contributed by atoms with Crippen LogP contribution in [0.3, 0.4) is 0 Å². The fourth-order valence-electron chi connectivity index (χ4n) is 5.64. The van der Waals surface area contributed by atoms with Crippen LogP contribution in [-0.2, 0) is 20.9 Å². The third-order valence-corrected chi connectivity index (χ3v) is 8.62. The van der Waals surface area contributed by atoms with Gasteiger partial charge in [0, 0.05) is 25.4 Å². The second kappa shape index (κ2) is 11.5. The number of benzene rings is 1. The van der Waals surface area contributed by atoms with E-state index < -0.39 is 23.6 Å². The Morgan fingerprint density at radius 2 is 1.84 bits per heavy atom. The van der Waals surface area contributed by atoms with Crippen LogP contribution in [0, 0.1) is 18.3 Å². The zero-order valence-electron chi connectivity index (χ0n) is 22.6. The van der Waals surface area contributed by atoms with Gasteiger partial charge < -0.3 is 21.1 Å². The maximum Gasteiger partial charge on any atom is 0.243 e. The molecule has 3 atom stereocenters. The highest BCUT2D eigenvalue weighted by molar-refractivity contribution is 7.13. The number of aliphatic hydroxyl groups is 1. The highest BCUT2D eigenvalue weighted by Gasteiger charge is 2.46. The second-order valence-corrected chi connectivity index (χ2v) is 12.4. The van der Waals surface area contributed by atoms with E-state index in [2.05, 4.69) is 15.2 Å². The number of aromatic nitrogens is 1.